The molecule has 4 aromatic heterocycles. The number of ether oxygens (including phenoxy) is 1. The number of nitrogens with zero attached hydrogens (tertiary/aromatic N) is 3. The van der Waals surface area contributed by atoms with E-state index >= 15 is 0 Å². The highest BCUT2D eigenvalue weighted by atomic mass is 32.2. The quantitative estimate of drug-likeness (QED) is 0.170. The highest BCUT2D eigenvalue weighted by molar-refractivity contribution is 7.99. The molecule has 5 nitrogen and oxygen atoms in total. The van der Waals surface area contributed by atoms with Gasteiger partial charge in [0, 0.05) is 17.4 Å². The lowest BCUT2D eigenvalue weighted by Gasteiger charge is -2.32. The van der Waals surface area contributed by atoms with Gasteiger partial charge in [-0.15, -0.1) is 23.1 Å². The zero-order valence-corrected chi connectivity index (χ0v) is 19.9. The number of unbranched alkanes of at least 4 members (excludes halogenated alkanes) is 3. The topological polar surface area (TPSA) is 61.0 Å². The van der Waals surface area contributed by atoms with Crippen LogP contribution in [-0.2, 0) is 17.8 Å². The lowest BCUT2D eigenvalue weighted by atomic mass is 9.89. The standard InChI is InChI=1S/C24H27N3O2S2/c1-4-5-6-7-11-30-23-21-20(25-14-26-23)18-15-12-24(2,3)29-13-16(15)19(27-22(18)31-21)17-9-8-10-28-17/h8-10,14H,4-7,11-13H2,1-3H3. The van der Waals surface area contributed by atoms with Crippen LogP contribution in [0.25, 0.3) is 31.9 Å². The molecule has 162 valence electrons. The monoisotopic (exact) mass is 453 g/mol. The van der Waals surface area contributed by atoms with Gasteiger partial charge >= 0.3 is 0 Å². The molecule has 0 saturated heterocycles. The molecule has 0 saturated carbocycles. The molecule has 0 aliphatic carbocycles. The second-order valence-electron chi connectivity index (χ2n) is 8.67. The van der Waals surface area contributed by atoms with Crippen LogP contribution in [0.4, 0.5) is 0 Å². The molecule has 4 aromatic rings. The Bertz CT molecular complexity index is 1210. The van der Waals surface area contributed by atoms with Gasteiger partial charge in [-0.3, -0.25) is 0 Å². The fourth-order valence-corrected chi connectivity index (χ4v) is 6.44. The highest BCUT2D eigenvalue weighted by Crippen LogP contribution is 2.44. The van der Waals surface area contributed by atoms with E-state index in [1.165, 1.54) is 31.2 Å². The maximum atomic E-state index is 6.16. The molecule has 0 amide bonds. The normalized spacial score (nSPS) is 15.6. The maximum Gasteiger partial charge on any atom is 0.152 e. The number of thioether (sulfide) groups is 1. The molecule has 7 heteroatoms. The SMILES string of the molecule is CCCCCCSc1ncnc2c1sc1nc(-c3ccco3)c3c(c12)CC(C)(C)OC3. The number of thiophene rings is 1. The molecule has 0 unspecified atom stereocenters. The second-order valence-corrected chi connectivity index (χ2v) is 10.8. The van der Waals surface area contributed by atoms with Gasteiger partial charge in [0.15, 0.2) is 5.76 Å². The van der Waals surface area contributed by atoms with Gasteiger partial charge in [0.05, 0.1) is 28.7 Å². The van der Waals surface area contributed by atoms with Crippen molar-refractivity contribution in [2.45, 2.75) is 70.1 Å². The summed E-state index contributed by atoms with van der Waals surface area (Å²) in [4.78, 5) is 15.4. The van der Waals surface area contributed by atoms with Gasteiger partial charge in [-0.2, -0.15) is 0 Å². The van der Waals surface area contributed by atoms with Gasteiger partial charge in [-0.1, -0.05) is 26.2 Å². The minimum absolute atomic E-state index is 0.222. The summed E-state index contributed by atoms with van der Waals surface area (Å²) < 4.78 is 13.0. The summed E-state index contributed by atoms with van der Waals surface area (Å²) in [6.07, 6.45) is 9.28. The van der Waals surface area contributed by atoms with E-state index in [1.807, 2.05) is 23.9 Å². The van der Waals surface area contributed by atoms with E-state index in [1.54, 1.807) is 23.9 Å². The summed E-state index contributed by atoms with van der Waals surface area (Å²) in [5, 5.41) is 2.24. The highest BCUT2D eigenvalue weighted by Gasteiger charge is 2.32. The van der Waals surface area contributed by atoms with Crippen molar-refractivity contribution in [2.75, 3.05) is 5.75 Å². The number of aromatic nitrogens is 3. The third-order valence-electron chi connectivity index (χ3n) is 5.79. The van der Waals surface area contributed by atoms with Crippen LogP contribution in [0.2, 0.25) is 0 Å². The maximum absolute atomic E-state index is 6.16. The Kier molecular flexibility index (Phi) is 5.75. The van der Waals surface area contributed by atoms with Gasteiger partial charge < -0.3 is 9.15 Å². The van der Waals surface area contributed by atoms with Crippen LogP contribution in [0.15, 0.2) is 34.2 Å². The number of pyridine rings is 1. The summed E-state index contributed by atoms with van der Waals surface area (Å²) >= 11 is 3.54. The number of furan rings is 1. The smallest absolute Gasteiger partial charge is 0.152 e. The fourth-order valence-electron chi connectivity index (χ4n) is 4.20. The predicted molar refractivity (Wildman–Crippen MR) is 128 cm³/mol. The summed E-state index contributed by atoms with van der Waals surface area (Å²) in [6, 6.07) is 3.88. The van der Waals surface area contributed by atoms with Gasteiger partial charge in [-0.05, 0) is 43.7 Å². The molecule has 31 heavy (non-hydrogen) atoms. The van der Waals surface area contributed by atoms with Crippen LogP contribution >= 0.6 is 23.1 Å². The first kappa shape index (κ1) is 20.9. The Hall–Kier alpha value is -1.96. The molecule has 0 radical (unpaired) electrons. The molecular weight excluding hydrogens is 426 g/mol. The van der Waals surface area contributed by atoms with E-state index < -0.39 is 0 Å². The fraction of sp³-hybridized carbons (Fsp3) is 0.458. The van der Waals surface area contributed by atoms with E-state index in [0.717, 1.165) is 54.7 Å². The first-order chi connectivity index (χ1) is 15.1. The summed E-state index contributed by atoms with van der Waals surface area (Å²) in [6.45, 7) is 7.07. The average molecular weight is 454 g/mol. The first-order valence-electron chi connectivity index (χ1n) is 11.0. The molecule has 5 rings (SSSR count). The van der Waals surface area contributed by atoms with Crippen LogP contribution in [0.3, 0.4) is 0 Å². The lowest BCUT2D eigenvalue weighted by molar-refractivity contribution is -0.0395. The third-order valence-corrected chi connectivity index (χ3v) is 8.07. The Morgan fingerprint density at radius 1 is 1.16 bits per heavy atom. The number of hydrogen-bond donors (Lipinski definition) is 0. The van der Waals surface area contributed by atoms with Crippen LogP contribution < -0.4 is 0 Å². The van der Waals surface area contributed by atoms with Crippen molar-refractivity contribution in [1.82, 2.24) is 15.0 Å². The molecule has 0 spiro atoms. The summed E-state index contributed by atoms with van der Waals surface area (Å²) in [7, 11) is 0. The number of hydrogen-bond acceptors (Lipinski definition) is 7. The van der Waals surface area contributed by atoms with Crippen molar-refractivity contribution in [3.8, 4) is 11.5 Å². The Morgan fingerprint density at radius 3 is 2.87 bits per heavy atom. The Balaban J connectivity index is 1.64. The Labute approximate surface area is 190 Å². The van der Waals surface area contributed by atoms with E-state index in [-0.39, 0.29) is 5.60 Å². The van der Waals surface area contributed by atoms with Crippen molar-refractivity contribution in [1.29, 1.82) is 0 Å². The average Bonchev–Trinajstić information content (AvgIpc) is 3.40. The van der Waals surface area contributed by atoms with E-state index in [0.29, 0.717) is 6.61 Å². The second kappa shape index (κ2) is 8.52. The zero-order valence-electron chi connectivity index (χ0n) is 18.2. The van der Waals surface area contributed by atoms with Gasteiger partial charge in [0.1, 0.15) is 21.9 Å². The molecule has 0 bridgehead atoms. The largest absolute Gasteiger partial charge is 0.463 e. The van der Waals surface area contributed by atoms with E-state index in [9.17, 15) is 0 Å². The summed E-state index contributed by atoms with van der Waals surface area (Å²) in [5.74, 6) is 1.88. The van der Waals surface area contributed by atoms with E-state index in [4.69, 9.17) is 19.1 Å². The van der Waals surface area contributed by atoms with Crippen LogP contribution in [-0.4, -0.2) is 26.3 Å². The minimum Gasteiger partial charge on any atom is -0.463 e. The van der Waals surface area contributed by atoms with Crippen molar-refractivity contribution in [3.05, 3.63) is 35.9 Å². The molecule has 1 aliphatic rings. The third kappa shape index (κ3) is 3.99. The molecular formula is C24H27N3O2S2. The minimum atomic E-state index is -0.222. The van der Waals surface area contributed by atoms with Crippen molar-refractivity contribution < 1.29 is 9.15 Å². The zero-order chi connectivity index (χ0) is 21.4. The molecule has 0 atom stereocenters. The van der Waals surface area contributed by atoms with Crippen molar-refractivity contribution in [3.63, 3.8) is 0 Å². The molecule has 1 aliphatic heterocycles. The molecule has 0 fully saturated rings. The van der Waals surface area contributed by atoms with Gasteiger partial charge in [0.2, 0.25) is 0 Å². The molecule has 0 N–H and O–H groups in total. The number of fused-ring (bicyclic) bond motifs is 5. The van der Waals surface area contributed by atoms with Gasteiger partial charge in [0.25, 0.3) is 0 Å². The van der Waals surface area contributed by atoms with Crippen molar-refractivity contribution in [2.24, 2.45) is 0 Å². The van der Waals surface area contributed by atoms with Gasteiger partial charge in [-0.25, -0.2) is 15.0 Å². The lowest BCUT2D eigenvalue weighted by Crippen LogP contribution is -2.32. The molecule has 0 aromatic carbocycles. The van der Waals surface area contributed by atoms with Crippen LogP contribution in [0.1, 0.15) is 57.6 Å². The number of rotatable bonds is 7. The van der Waals surface area contributed by atoms with E-state index in [2.05, 4.69) is 25.8 Å². The summed E-state index contributed by atoms with van der Waals surface area (Å²) in [5.41, 5.74) is 4.10. The Morgan fingerprint density at radius 2 is 2.06 bits per heavy atom. The van der Waals surface area contributed by atoms with Crippen molar-refractivity contribution >= 4 is 43.5 Å². The molecule has 5 heterocycles. The predicted octanol–water partition coefficient (Wildman–Crippen LogP) is 7.02. The van der Waals surface area contributed by atoms with Crippen LogP contribution in [0.5, 0.6) is 0 Å². The first-order valence-corrected chi connectivity index (χ1v) is 12.8. The van der Waals surface area contributed by atoms with Crippen LogP contribution in [0, 0.1) is 0 Å².